The van der Waals surface area contributed by atoms with E-state index in [1.54, 1.807) is 17.3 Å². The van der Waals surface area contributed by atoms with Gasteiger partial charge < -0.3 is 5.32 Å². The molecule has 2 aromatic rings. The first-order chi connectivity index (χ1) is 8.18. The third-order valence-electron chi connectivity index (χ3n) is 2.95. The summed E-state index contributed by atoms with van der Waals surface area (Å²) in [4.78, 5) is 3.98. The molecule has 1 aromatic carbocycles. The van der Waals surface area contributed by atoms with E-state index in [9.17, 15) is 0 Å². The predicted octanol–water partition coefficient (Wildman–Crippen LogP) is 2.72. The quantitative estimate of drug-likeness (QED) is 0.878. The highest BCUT2D eigenvalue weighted by Crippen LogP contribution is 2.20. The molecule has 0 spiro atoms. The summed E-state index contributed by atoms with van der Waals surface area (Å²) in [5.41, 5.74) is 2.11. The number of benzene rings is 1. The number of aromatic nitrogens is 3. The molecule has 0 aliphatic carbocycles. The van der Waals surface area contributed by atoms with E-state index in [0.29, 0.717) is 12.0 Å². The summed E-state index contributed by atoms with van der Waals surface area (Å²) in [7, 11) is 0. The number of rotatable bonds is 4. The van der Waals surface area contributed by atoms with E-state index in [1.807, 2.05) is 18.2 Å². The van der Waals surface area contributed by atoms with Crippen LogP contribution in [0.2, 0.25) is 0 Å². The van der Waals surface area contributed by atoms with Crippen molar-refractivity contribution in [2.75, 3.05) is 5.32 Å². The molecule has 0 amide bonds. The molecule has 1 atom stereocenters. The molecule has 4 nitrogen and oxygen atoms in total. The average molecular weight is 230 g/mol. The second-order valence-corrected chi connectivity index (χ2v) is 4.53. The molecule has 1 aromatic heterocycles. The molecule has 1 N–H and O–H groups in total. The third-order valence-corrected chi connectivity index (χ3v) is 2.95. The standard InChI is InChI=1S/C13H18N4/c1-10(2)11(3)16-12-6-4-5-7-13(12)17-9-14-8-15-17/h4-11,16H,1-3H3. The summed E-state index contributed by atoms with van der Waals surface area (Å²) < 4.78 is 1.77. The lowest BCUT2D eigenvalue weighted by Gasteiger charge is -2.20. The fourth-order valence-corrected chi connectivity index (χ4v) is 1.54. The molecular weight excluding hydrogens is 212 g/mol. The predicted molar refractivity (Wildman–Crippen MR) is 69.3 cm³/mol. The first kappa shape index (κ1) is 11.6. The Balaban J connectivity index is 2.29. The topological polar surface area (TPSA) is 42.7 Å². The van der Waals surface area contributed by atoms with Gasteiger partial charge in [0.05, 0.1) is 11.4 Å². The maximum absolute atomic E-state index is 4.16. The van der Waals surface area contributed by atoms with Crippen LogP contribution >= 0.6 is 0 Å². The lowest BCUT2D eigenvalue weighted by molar-refractivity contribution is 0.559. The van der Waals surface area contributed by atoms with Crippen molar-refractivity contribution in [2.24, 2.45) is 5.92 Å². The van der Waals surface area contributed by atoms with E-state index in [2.05, 4.69) is 42.2 Å². The van der Waals surface area contributed by atoms with Gasteiger partial charge in [-0.3, -0.25) is 0 Å². The highest BCUT2D eigenvalue weighted by molar-refractivity contribution is 5.60. The molecule has 0 fully saturated rings. The SMILES string of the molecule is CC(C)C(C)Nc1ccccc1-n1cncn1. The highest BCUT2D eigenvalue weighted by atomic mass is 15.3. The Hall–Kier alpha value is -1.84. The van der Waals surface area contributed by atoms with E-state index >= 15 is 0 Å². The van der Waals surface area contributed by atoms with Crippen molar-refractivity contribution in [1.29, 1.82) is 0 Å². The smallest absolute Gasteiger partial charge is 0.138 e. The van der Waals surface area contributed by atoms with Crippen LogP contribution in [0.5, 0.6) is 0 Å². The zero-order valence-corrected chi connectivity index (χ0v) is 10.5. The van der Waals surface area contributed by atoms with Gasteiger partial charge in [-0.2, -0.15) is 5.10 Å². The molecule has 1 heterocycles. The van der Waals surface area contributed by atoms with E-state index in [0.717, 1.165) is 11.4 Å². The summed E-state index contributed by atoms with van der Waals surface area (Å²) >= 11 is 0. The molecule has 17 heavy (non-hydrogen) atoms. The Kier molecular flexibility index (Phi) is 3.42. The van der Waals surface area contributed by atoms with Gasteiger partial charge in [-0.15, -0.1) is 0 Å². The van der Waals surface area contributed by atoms with Crippen LogP contribution in [0.25, 0.3) is 5.69 Å². The number of para-hydroxylation sites is 2. The Labute approximate surface area is 102 Å². The molecule has 1 unspecified atom stereocenters. The number of hydrogen-bond donors (Lipinski definition) is 1. The molecule has 0 saturated heterocycles. The summed E-state index contributed by atoms with van der Waals surface area (Å²) in [6.07, 6.45) is 3.25. The van der Waals surface area contributed by atoms with Gasteiger partial charge in [-0.1, -0.05) is 26.0 Å². The van der Waals surface area contributed by atoms with E-state index in [1.165, 1.54) is 0 Å². The summed E-state index contributed by atoms with van der Waals surface area (Å²) in [6, 6.07) is 8.54. The molecule has 4 heteroatoms. The number of nitrogens with one attached hydrogen (secondary N) is 1. The Morgan fingerprint density at radius 3 is 2.59 bits per heavy atom. The first-order valence-electron chi connectivity index (χ1n) is 5.89. The van der Waals surface area contributed by atoms with Gasteiger partial charge in [0.1, 0.15) is 12.7 Å². The fourth-order valence-electron chi connectivity index (χ4n) is 1.54. The van der Waals surface area contributed by atoms with Crippen LogP contribution in [0.3, 0.4) is 0 Å². The van der Waals surface area contributed by atoms with E-state index < -0.39 is 0 Å². The molecule has 0 saturated carbocycles. The van der Waals surface area contributed by atoms with Crippen LogP contribution in [0.4, 0.5) is 5.69 Å². The average Bonchev–Trinajstić information content (AvgIpc) is 2.83. The molecule has 0 bridgehead atoms. The first-order valence-corrected chi connectivity index (χ1v) is 5.89. The van der Waals surface area contributed by atoms with Crippen molar-refractivity contribution < 1.29 is 0 Å². The summed E-state index contributed by atoms with van der Waals surface area (Å²) in [5, 5.41) is 7.67. The van der Waals surface area contributed by atoms with Gasteiger partial charge in [0, 0.05) is 6.04 Å². The fraction of sp³-hybridized carbons (Fsp3) is 0.385. The van der Waals surface area contributed by atoms with Gasteiger partial charge in [0.2, 0.25) is 0 Å². The second kappa shape index (κ2) is 4.99. The Morgan fingerprint density at radius 2 is 1.94 bits per heavy atom. The van der Waals surface area contributed by atoms with Crippen molar-refractivity contribution in [3.63, 3.8) is 0 Å². The number of anilines is 1. The molecule has 0 aliphatic heterocycles. The van der Waals surface area contributed by atoms with Crippen molar-refractivity contribution in [1.82, 2.24) is 14.8 Å². The van der Waals surface area contributed by atoms with E-state index in [4.69, 9.17) is 0 Å². The van der Waals surface area contributed by atoms with Gasteiger partial charge in [-0.05, 0) is 25.0 Å². The van der Waals surface area contributed by atoms with Crippen LogP contribution in [0.15, 0.2) is 36.9 Å². The van der Waals surface area contributed by atoms with E-state index in [-0.39, 0.29) is 0 Å². The minimum Gasteiger partial charge on any atom is -0.381 e. The van der Waals surface area contributed by atoms with Crippen LogP contribution in [0, 0.1) is 5.92 Å². The lowest BCUT2D eigenvalue weighted by atomic mass is 10.1. The zero-order chi connectivity index (χ0) is 12.3. The number of hydrogen-bond acceptors (Lipinski definition) is 3. The minimum absolute atomic E-state index is 0.416. The Bertz CT molecular complexity index is 462. The van der Waals surface area contributed by atoms with Gasteiger partial charge in [0.25, 0.3) is 0 Å². The van der Waals surface area contributed by atoms with Crippen LogP contribution < -0.4 is 5.32 Å². The van der Waals surface area contributed by atoms with Crippen molar-refractivity contribution in [3.8, 4) is 5.69 Å². The third kappa shape index (κ3) is 2.64. The van der Waals surface area contributed by atoms with Crippen LogP contribution in [0.1, 0.15) is 20.8 Å². The monoisotopic (exact) mass is 230 g/mol. The summed E-state index contributed by atoms with van der Waals surface area (Å²) in [5.74, 6) is 0.582. The van der Waals surface area contributed by atoms with Crippen molar-refractivity contribution in [3.05, 3.63) is 36.9 Å². The van der Waals surface area contributed by atoms with Crippen LogP contribution in [-0.4, -0.2) is 20.8 Å². The second-order valence-electron chi connectivity index (χ2n) is 4.53. The maximum atomic E-state index is 4.16. The molecule has 90 valence electrons. The lowest BCUT2D eigenvalue weighted by Crippen LogP contribution is -2.22. The molecule has 0 aliphatic rings. The molecule has 0 radical (unpaired) electrons. The van der Waals surface area contributed by atoms with Crippen molar-refractivity contribution >= 4 is 5.69 Å². The number of nitrogens with zero attached hydrogens (tertiary/aromatic N) is 3. The summed E-state index contributed by atoms with van der Waals surface area (Å²) in [6.45, 7) is 6.59. The van der Waals surface area contributed by atoms with Crippen molar-refractivity contribution in [2.45, 2.75) is 26.8 Å². The molecule has 2 rings (SSSR count). The largest absolute Gasteiger partial charge is 0.381 e. The normalized spacial score (nSPS) is 12.7. The molecular formula is C13H18N4. The van der Waals surface area contributed by atoms with Crippen LogP contribution in [-0.2, 0) is 0 Å². The van der Waals surface area contributed by atoms with Gasteiger partial charge in [0.15, 0.2) is 0 Å². The minimum atomic E-state index is 0.416. The Morgan fingerprint density at radius 1 is 1.18 bits per heavy atom. The van der Waals surface area contributed by atoms with Gasteiger partial charge in [-0.25, -0.2) is 9.67 Å². The van der Waals surface area contributed by atoms with Gasteiger partial charge >= 0.3 is 0 Å². The maximum Gasteiger partial charge on any atom is 0.138 e. The zero-order valence-electron chi connectivity index (χ0n) is 10.5. The highest BCUT2D eigenvalue weighted by Gasteiger charge is 2.10.